The SMILES string of the molecule is COc1ccc(N2CC[NH+](CC(=O)N3C[C@@]4(C)C[C@H]3CC(C)(C)C4)CC2)cc1. The summed E-state index contributed by atoms with van der Waals surface area (Å²) < 4.78 is 5.25. The van der Waals surface area contributed by atoms with Crippen molar-refractivity contribution in [3.8, 4) is 5.75 Å². The summed E-state index contributed by atoms with van der Waals surface area (Å²) in [6.07, 6.45) is 3.60. The van der Waals surface area contributed by atoms with Gasteiger partial charge in [-0.25, -0.2) is 0 Å². The number of likely N-dealkylation sites (tertiary alicyclic amines) is 1. The van der Waals surface area contributed by atoms with Crippen molar-refractivity contribution < 1.29 is 14.4 Å². The molecule has 5 heteroatoms. The molecule has 4 rings (SSSR count). The number of carbonyl (C=O) groups excluding carboxylic acids is 1. The third-order valence-electron chi connectivity index (χ3n) is 7.04. The van der Waals surface area contributed by atoms with Crippen LogP contribution >= 0.6 is 0 Å². The normalized spacial score (nSPS) is 29.8. The van der Waals surface area contributed by atoms with Gasteiger partial charge in [-0.3, -0.25) is 4.79 Å². The molecule has 5 nitrogen and oxygen atoms in total. The minimum Gasteiger partial charge on any atom is -0.497 e. The number of fused-ring (bicyclic) bond motifs is 2. The lowest BCUT2D eigenvalue weighted by molar-refractivity contribution is -0.892. The maximum absolute atomic E-state index is 13.1. The lowest BCUT2D eigenvalue weighted by atomic mass is 9.65. The number of rotatable bonds is 4. The zero-order valence-corrected chi connectivity index (χ0v) is 18.0. The summed E-state index contributed by atoms with van der Waals surface area (Å²) in [6, 6.07) is 8.75. The van der Waals surface area contributed by atoms with Crippen molar-refractivity contribution >= 4 is 11.6 Å². The van der Waals surface area contributed by atoms with E-state index >= 15 is 0 Å². The smallest absolute Gasteiger partial charge is 0.278 e. The van der Waals surface area contributed by atoms with Gasteiger partial charge in [-0.2, -0.15) is 0 Å². The van der Waals surface area contributed by atoms with E-state index in [-0.39, 0.29) is 0 Å². The predicted molar refractivity (Wildman–Crippen MR) is 112 cm³/mol. The Labute approximate surface area is 169 Å². The molecule has 0 aromatic heterocycles. The highest BCUT2D eigenvalue weighted by Gasteiger charge is 2.51. The van der Waals surface area contributed by atoms with Crippen LogP contribution in [0.2, 0.25) is 0 Å². The first-order valence-electron chi connectivity index (χ1n) is 10.8. The Morgan fingerprint density at radius 3 is 2.46 bits per heavy atom. The Kier molecular flexibility index (Phi) is 5.07. The highest BCUT2D eigenvalue weighted by atomic mass is 16.5. The highest BCUT2D eigenvalue weighted by Crippen LogP contribution is 2.52. The van der Waals surface area contributed by atoms with Crippen LogP contribution < -0.4 is 14.5 Å². The maximum Gasteiger partial charge on any atom is 0.278 e. The summed E-state index contributed by atoms with van der Waals surface area (Å²) in [5.74, 6) is 1.27. The van der Waals surface area contributed by atoms with Crippen LogP contribution in [0, 0.1) is 10.8 Å². The molecule has 1 aromatic rings. The molecule has 2 bridgehead atoms. The molecule has 3 fully saturated rings. The molecule has 1 saturated carbocycles. The van der Waals surface area contributed by atoms with E-state index < -0.39 is 0 Å². The van der Waals surface area contributed by atoms with Gasteiger partial charge in [-0.1, -0.05) is 20.8 Å². The Morgan fingerprint density at radius 2 is 1.82 bits per heavy atom. The Morgan fingerprint density at radius 1 is 1.14 bits per heavy atom. The van der Waals surface area contributed by atoms with Gasteiger partial charge in [0.1, 0.15) is 5.75 Å². The minimum atomic E-state index is 0.324. The number of anilines is 1. The maximum atomic E-state index is 13.1. The highest BCUT2D eigenvalue weighted by molar-refractivity contribution is 5.78. The fraction of sp³-hybridized carbons (Fsp3) is 0.696. The van der Waals surface area contributed by atoms with E-state index in [9.17, 15) is 4.79 Å². The number of piperazine rings is 1. The van der Waals surface area contributed by atoms with Crippen molar-refractivity contribution in [1.82, 2.24) is 4.90 Å². The van der Waals surface area contributed by atoms with Gasteiger partial charge in [-0.05, 0) is 54.4 Å². The molecule has 3 aliphatic rings. The summed E-state index contributed by atoms with van der Waals surface area (Å²) in [5, 5.41) is 0. The predicted octanol–water partition coefficient (Wildman–Crippen LogP) is 1.83. The van der Waals surface area contributed by atoms with Crippen LogP contribution in [0.4, 0.5) is 5.69 Å². The van der Waals surface area contributed by atoms with Crippen molar-refractivity contribution in [3.05, 3.63) is 24.3 Å². The first-order chi connectivity index (χ1) is 13.3. The van der Waals surface area contributed by atoms with Crippen molar-refractivity contribution in [2.24, 2.45) is 10.8 Å². The lowest BCUT2D eigenvalue weighted by Gasteiger charge is -2.39. The molecule has 0 spiro atoms. The molecule has 28 heavy (non-hydrogen) atoms. The molecular weight excluding hydrogens is 350 g/mol. The van der Waals surface area contributed by atoms with E-state index in [2.05, 4.69) is 42.7 Å². The second-order valence-corrected chi connectivity index (χ2v) is 10.3. The number of ether oxygens (including phenoxy) is 1. The summed E-state index contributed by atoms with van der Waals surface area (Å²) in [4.78, 5) is 19.2. The topological polar surface area (TPSA) is 37.2 Å². The Bertz CT molecular complexity index is 709. The molecule has 1 aliphatic carbocycles. The first kappa shape index (κ1) is 19.6. The van der Waals surface area contributed by atoms with Crippen LogP contribution in [-0.2, 0) is 4.79 Å². The lowest BCUT2D eigenvalue weighted by Crippen LogP contribution is -3.16. The molecule has 1 N–H and O–H groups in total. The molecule has 2 aliphatic heterocycles. The molecule has 2 heterocycles. The molecule has 154 valence electrons. The third kappa shape index (κ3) is 4.00. The van der Waals surface area contributed by atoms with Crippen LogP contribution in [0.1, 0.15) is 40.0 Å². The molecule has 0 unspecified atom stereocenters. The summed E-state index contributed by atoms with van der Waals surface area (Å²) in [7, 11) is 1.70. The Hall–Kier alpha value is -1.75. The molecule has 1 aromatic carbocycles. The molecule has 1 amide bonds. The summed E-state index contributed by atoms with van der Waals surface area (Å²) in [6.45, 7) is 12.8. The van der Waals surface area contributed by atoms with Crippen molar-refractivity contribution in [2.45, 2.75) is 46.1 Å². The average molecular weight is 387 g/mol. The van der Waals surface area contributed by atoms with E-state index in [1.165, 1.54) is 23.4 Å². The van der Waals surface area contributed by atoms with Gasteiger partial charge in [0, 0.05) is 18.3 Å². The molecular formula is C23H36N3O2+. The Balaban J connectivity index is 1.31. The van der Waals surface area contributed by atoms with E-state index in [1.807, 2.05) is 12.1 Å². The van der Waals surface area contributed by atoms with Gasteiger partial charge < -0.3 is 19.4 Å². The number of nitrogens with zero attached hydrogens (tertiary/aromatic N) is 2. The summed E-state index contributed by atoms with van der Waals surface area (Å²) in [5.41, 5.74) is 1.93. The van der Waals surface area contributed by atoms with Crippen LogP contribution in [0.3, 0.4) is 0 Å². The molecule has 2 atom stereocenters. The van der Waals surface area contributed by atoms with Crippen molar-refractivity contribution in [2.75, 3.05) is 51.3 Å². The standard InChI is InChI=1S/C23H35N3O2/c1-22(2)13-19-14-23(3,16-22)17-26(19)21(27)15-24-9-11-25(12-10-24)18-5-7-20(28-4)8-6-18/h5-8,19H,9-17H2,1-4H3/p+1/t19-,23+/m1/s1. The second kappa shape index (κ2) is 7.25. The molecule has 0 radical (unpaired) electrons. The number of methoxy groups -OCH3 is 1. The van der Waals surface area contributed by atoms with Gasteiger partial charge in [-0.15, -0.1) is 0 Å². The minimum absolute atomic E-state index is 0.324. The van der Waals surface area contributed by atoms with E-state index in [1.54, 1.807) is 7.11 Å². The number of quaternary nitrogens is 1. The second-order valence-electron chi connectivity index (χ2n) is 10.3. The average Bonchev–Trinajstić information content (AvgIpc) is 2.91. The van der Waals surface area contributed by atoms with Gasteiger partial charge >= 0.3 is 0 Å². The third-order valence-corrected chi connectivity index (χ3v) is 7.04. The quantitative estimate of drug-likeness (QED) is 0.858. The van der Waals surface area contributed by atoms with Crippen molar-refractivity contribution in [1.29, 1.82) is 0 Å². The molecule has 2 saturated heterocycles. The van der Waals surface area contributed by atoms with Crippen LogP contribution in [0.5, 0.6) is 5.75 Å². The number of hydrogen-bond acceptors (Lipinski definition) is 3. The number of hydrogen-bond donors (Lipinski definition) is 1. The van der Waals surface area contributed by atoms with Crippen LogP contribution in [0.15, 0.2) is 24.3 Å². The fourth-order valence-electron chi connectivity index (χ4n) is 6.12. The van der Waals surface area contributed by atoms with Gasteiger partial charge in [0.25, 0.3) is 5.91 Å². The largest absolute Gasteiger partial charge is 0.497 e. The van der Waals surface area contributed by atoms with Gasteiger partial charge in [0.15, 0.2) is 6.54 Å². The number of amides is 1. The monoisotopic (exact) mass is 386 g/mol. The van der Waals surface area contributed by atoms with Gasteiger partial charge in [0.2, 0.25) is 0 Å². The number of nitrogens with one attached hydrogen (secondary N) is 1. The summed E-state index contributed by atoms with van der Waals surface area (Å²) >= 11 is 0. The van der Waals surface area contributed by atoms with Gasteiger partial charge in [0.05, 0.1) is 33.3 Å². The first-order valence-corrected chi connectivity index (χ1v) is 10.8. The van der Waals surface area contributed by atoms with E-state index in [4.69, 9.17) is 4.74 Å². The zero-order chi connectivity index (χ0) is 19.9. The van der Waals surface area contributed by atoms with Crippen molar-refractivity contribution in [3.63, 3.8) is 0 Å². The van der Waals surface area contributed by atoms with E-state index in [0.717, 1.165) is 44.9 Å². The number of benzene rings is 1. The van der Waals surface area contributed by atoms with E-state index in [0.29, 0.717) is 29.3 Å². The fourth-order valence-corrected chi connectivity index (χ4v) is 6.12. The zero-order valence-electron chi connectivity index (χ0n) is 18.0. The van der Waals surface area contributed by atoms with Crippen LogP contribution in [-0.4, -0.2) is 63.2 Å². The van der Waals surface area contributed by atoms with Crippen LogP contribution in [0.25, 0.3) is 0 Å². The number of carbonyl (C=O) groups is 1.